The van der Waals surface area contributed by atoms with Crippen LogP contribution in [0, 0.1) is 35.3 Å². The summed E-state index contributed by atoms with van der Waals surface area (Å²) in [5.74, 6) is 2.36. The van der Waals surface area contributed by atoms with Crippen LogP contribution in [0.2, 0.25) is 0 Å². The van der Waals surface area contributed by atoms with E-state index in [9.17, 15) is 5.11 Å². The van der Waals surface area contributed by atoms with Crippen LogP contribution in [-0.4, -0.2) is 107 Å². The second-order valence-corrected chi connectivity index (χ2v) is 16.2. The van der Waals surface area contributed by atoms with Crippen molar-refractivity contribution in [1.29, 1.82) is 0 Å². The third-order valence-corrected chi connectivity index (χ3v) is 12.1. The molecule has 3 aromatic carbocycles. The number of fused-ring (bicyclic) bond motifs is 6. The number of aromatic hydroxyl groups is 1. The lowest BCUT2D eigenvalue weighted by Crippen LogP contribution is -2.59. The predicted molar refractivity (Wildman–Crippen MR) is 201 cm³/mol. The Balaban J connectivity index is 1.23. The number of nitrogens with zero attached hydrogens (tertiary/aromatic N) is 7. The number of methoxy groups -OCH3 is 1. The van der Waals surface area contributed by atoms with E-state index in [1.165, 1.54) is 24.3 Å². The summed E-state index contributed by atoms with van der Waals surface area (Å²) in [7, 11) is 7.67. The highest BCUT2D eigenvalue weighted by Crippen LogP contribution is 2.49. The molecule has 2 aromatic heterocycles. The van der Waals surface area contributed by atoms with Crippen LogP contribution in [0.25, 0.3) is 43.7 Å². The van der Waals surface area contributed by atoms with Crippen molar-refractivity contribution in [3.05, 3.63) is 47.7 Å². The molecule has 2 bridgehead atoms. The highest BCUT2D eigenvalue weighted by atomic mass is 19.1. The van der Waals surface area contributed by atoms with Crippen molar-refractivity contribution in [3.8, 4) is 35.2 Å². The summed E-state index contributed by atoms with van der Waals surface area (Å²) >= 11 is 0. The zero-order valence-corrected chi connectivity index (χ0v) is 30.7. The lowest BCUT2D eigenvalue weighted by atomic mass is 9.79. The number of likely N-dealkylation sites (tertiary alicyclic amines) is 1. The Bertz CT molecular complexity index is 2300. The molecule has 2 saturated carbocycles. The number of benzene rings is 3. The number of ether oxygens (including phenoxy) is 2. The van der Waals surface area contributed by atoms with Crippen molar-refractivity contribution >= 4 is 38.4 Å². The van der Waals surface area contributed by atoms with Gasteiger partial charge in [-0.15, -0.1) is 6.42 Å². The number of terminal acetylenes is 1. The van der Waals surface area contributed by atoms with Crippen LogP contribution >= 0.6 is 0 Å². The van der Waals surface area contributed by atoms with Crippen LogP contribution in [0.1, 0.15) is 44.1 Å². The Morgan fingerprint density at radius 2 is 1.79 bits per heavy atom. The van der Waals surface area contributed by atoms with Gasteiger partial charge >= 0.3 is 6.01 Å². The van der Waals surface area contributed by atoms with Crippen molar-refractivity contribution in [2.45, 2.75) is 56.7 Å². The van der Waals surface area contributed by atoms with Crippen molar-refractivity contribution in [3.63, 3.8) is 0 Å². The average molecular weight is 722 g/mol. The lowest BCUT2D eigenvalue weighted by molar-refractivity contribution is 0.0199. The topological polar surface area (TPSA) is 92.0 Å². The second-order valence-electron chi connectivity index (χ2n) is 16.2. The number of anilines is 1. The first kappa shape index (κ1) is 34.2. The summed E-state index contributed by atoms with van der Waals surface area (Å²) in [6.45, 7) is 3.91. The molecule has 2 atom stereocenters. The average Bonchev–Trinajstić information content (AvgIpc) is 3.67. The summed E-state index contributed by atoms with van der Waals surface area (Å²) < 4.78 is 46.5. The minimum Gasteiger partial charge on any atom is -0.508 e. The molecule has 0 radical (unpaired) electrons. The third kappa shape index (κ3) is 5.75. The van der Waals surface area contributed by atoms with Gasteiger partial charge in [0.25, 0.3) is 0 Å². The molecule has 0 amide bonds. The van der Waals surface area contributed by atoms with E-state index in [1.54, 1.807) is 18.8 Å². The number of rotatable bonds is 10. The number of hydrogen-bond donors (Lipinski definition) is 1. The number of hydrogen-bond acceptors (Lipinski definition) is 9. The van der Waals surface area contributed by atoms with E-state index in [2.05, 4.69) is 34.7 Å². The maximum atomic E-state index is 17.7. The molecule has 2 saturated heterocycles. The molecular formula is C41H45F2N7O3. The quantitative estimate of drug-likeness (QED) is 0.172. The van der Waals surface area contributed by atoms with Gasteiger partial charge in [-0.05, 0) is 87.7 Å². The molecule has 4 aliphatic rings. The Hall–Kier alpha value is -4.57. The van der Waals surface area contributed by atoms with Crippen LogP contribution in [0.3, 0.4) is 0 Å². The van der Waals surface area contributed by atoms with E-state index in [4.69, 9.17) is 31.0 Å². The second kappa shape index (κ2) is 12.8. The Morgan fingerprint density at radius 3 is 2.47 bits per heavy atom. The summed E-state index contributed by atoms with van der Waals surface area (Å²) in [6.07, 6.45) is 14.1. The van der Waals surface area contributed by atoms with Gasteiger partial charge in [0.1, 0.15) is 28.4 Å². The van der Waals surface area contributed by atoms with E-state index in [0.717, 1.165) is 64.8 Å². The van der Waals surface area contributed by atoms with E-state index in [1.807, 2.05) is 6.20 Å². The SMILES string of the molecule is C#Cc1c(F)ccc2cc(O)cc(-c3c(F)c4nc(OCC5(CN(C)C)CC5)nc(N5[C@@H]6CC[C@H]5CN(C5CC(COC)C5)C6)c4c4cn(C)nc34)c12. The molecule has 1 N–H and O–H groups in total. The first-order valence-electron chi connectivity index (χ1n) is 18.6. The minimum absolute atomic E-state index is 0.00324. The van der Waals surface area contributed by atoms with Crippen molar-refractivity contribution in [2.75, 3.05) is 59.0 Å². The zero-order chi connectivity index (χ0) is 36.8. The van der Waals surface area contributed by atoms with Gasteiger partial charge in [0.15, 0.2) is 5.82 Å². The van der Waals surface area contributed by atoms with E-state index >= 15 is 8.78 Å². The Labute approximate surface area is 307 Å². The zero-order valence-electron chi connectivity index (χ0n) is 30.7. The van der Waals surface area contributed by atoms with Crippen LogP contribution in [0.5, 0.6) is 11.8 Å². The predicted octanol–water partition coefficient (Wildman–Crippen LogP) is 6.10. The van der Waals surface area contributed by atoms with Crippen LogP contribution < -0.4 is 9.64 Å². The number of phenols is 1. The fraction of sp³-hybridized carbons (Fsp3) is 0.488. The van der Waals surface area contributed by atoms with E-state index < -0.39 is 11.6 Å². The first-order chi connectivity index (χ1) is 25.6. The van der Waals surface area contributed by atoms with Crippen LogP contribution in [0.15, 0.2) is 30.5 Å². The number of aromatic nitrogens is 4. The van der Waals surface area contributed by atoms with E-state index in [0.29, 0.717) is 51.4 Å². The molecule has 4 fully saturated rings. The maximum Gasteiger partial charge on any atom is 0.319 e. The highest BCUT2D eigenvalue weighted by Gasteiger charge is 2.47. The van der Waals surface area contributed by atoms with Gasteiger partial charge in [-0.25, -0.2) is 8.78 Å². The molecule has 4 heterocycles. The molecule has 0 spiro atoms. The first-order valence-corrected chi connectivity index (χ1v) is 18.6. The molecule has 2 aliphatic heterocycles. The molecule has 53 heavy (non-hydrogen) atoms. The van der Waals surface area contributed by atoms with Crippen molar-refractivity contribution in [1.82, 2.24) is 29.5 Å². The van der Waals surface area contributed by atoms with Gasteiger partial charge in [0.05, 0.1) is 17.6 Å². The van der Waals surface area contributed by atoms with Gasteiger partial charge in [-0.2, -0.15) is 15.1 Å². The van der Waals surface area contributed by atoms with Crippen molar-refractivity contribution < 1.29 is 23.4 Å². The van der Waals surface area contributed by atoms with Gasteiger partial charge < -0.3 is 24.4 Å². The molecule has 5 aromatic rings. The monoisotopic (exact) mass is 721 g/mol. The minimum atomic E-state index is -0.655. The molecular weight excluding hydrogens is 676 g/mol. The largest absolute Gasteiger partial charge is 0.508 e. The lowest BCUT2D eigenvalue weighted by Gasteiger charge is -2.49. The smallest absolute Gasteiger partial charge is 0.319 e. The van der Waals surface area contributed by atoms with Gasteiger partial charge in [-0.3, -0.25) is 9.58 Å². The molecule has 9 rings (SSSR count). The third-order valence-electron chi connectivity index (χ3n) is 12.1. The fourth-order valence-electron chi connectivity index (χ4n) is 9.54. The van der Waals surface area contributed by atoms with Crippen molar-refractivity contribution in [2.24, 2.45) is 18.4 Å². The summed E-state index contributed by atoms with van der Waals surface area (Å²) in [6, 6.07) is 6.78. The van der Waals surface area contributed by atoms with Gasteiger partial charge in [-0.1, -0.05) is 12.0 Å². The molecule has 12 heteroatoms. The van der Waals surface area contributed by atoms with Gasteiger partial charge in [0, 0.05) is 86.5 Å². The molecule has 0 unspecified atom stereocenters. The summed E-state index contributed by atoms with van der Waals surface area (Å²) in [5, 5.41) is 17.7. The number of phenolic OH excluding ortho intramolecular Hbond substituents is 1. The summed E-state index contributed by atoms with van der Waals surface area (Å²) in [4.78, 5) is 17.2. The standard InChI is InChI=1S/C41H45F2N7O3/c1-6-29-32(42)10-7-24-15-28(51)16-30(33(24)29)34-36(43)38-35(31-19-48(4)46-37(31)34)39(45-40(44-38)53-22-41(11-12-41)21-47(2)3)50-25-8-9-26(50)18-49(17-25)27-13-23(14-27)20-52-5/h1,7,10,15-16,19,23,25-27,51H,8-9,11-14,17-18,20-22H2,2-5H3/t23?,25-,26+,27?. The fourth-order valence-corrected chi connectivity index (χ4v) is 9.54. The Morgan fingerprint density at radius 1 is 1.04 bits per heavy atom. The molecule has 276 valence electrons. The maximum absolute atomic E-state index is 17.7. The molecule has 2 aliphatic carbocycles. The highest BCUT2D eigenvalue weighted by molar-refractivity contribution is 6.18. The normalized spacial score (nSPS) is 23.6. The number of piperazine rings is 1. The van der Waals surface area contributed by atoms with Crippen LogP contribution in [0.4, 0.5) is 14.6 Å². The Kier molecular flexibility index (Phi) is 8.25. The molecule has 10 nitrogen and oxygen atoms in total. The number of halogens is 2. The van der Waals surface area contributed by atoms with Crippen LogP contribution in [-0.2, 0) is 11.8 Å². The van der Waals surface area contributed by atoms with E-state index in [-0.39, 0.29) is 51.5 Å². The van der Waals surface area contributed by atoms with Gasteiger partial charge in [0.2, 0.25) is 0 Å². The number of aryl methyl sites for hydroxylation is 1. The summed E-state index contributed by atoms with van der Waals surface area (Å²) in [5.41, 5.74) is 0.754.